The Bertz CT molecular complexity index is 817. The van der Waals surface area contributed by atoms with Gasteiger partial charge in [-0.25, -0.2) is 13.9 Å². The third-order valence-electron chi connectivity index (χ3n) is 3.42. The first-order chi connectivity index (χ1) is 10.6. The van der Waals surface area contributed by atoms with Crippen LogP contribution in [0.15, 0.2) is 36.7 Å². The van der Waals surface area contributed by atoms with Crippen molar-refractivity contribution in [2.75, 3.05) is 18.2 Å². The number of methoxy groups -OCH3 is 1. The monoisotopic (exact) mass is 301 g/mol. The van der Waals surface area contributed by atoms with Gasteiger partial charge in [-0.1, -0.05) is 0 Å². The Balaban J connectivity index is 1.90. The van der Waals surface area contributed by atoms with Gasteiger partial charge in [-0.2, -0.15) is 5.10 Å². The molecule has 2 aromatic heterocycles. The summed E-state index contributed by atoms with van der Waals surface area (Å²) >= 11 is 0. The quantitative estimate of drug-likeness (QED) is 0.774. The fraction of sp³-hybridized carbons (Fsp3) is 0.200. The summed E-state index contributed by atoms with van der Waals surface area (Å²) in [5, 5.41) is 7.28. The summed E-state index contributed by atoms with van der Waals surface area (Å²) in [7, 11) is 1.56. The molecule has 1 atom stereocenters. The maximum atomic E-state index is 13.5. The smallest absolute Gasteiger partial charge is 0.180 e. The minimum Gasteiger partial charge on any atom is -0.496 e. The second kappa shape index (κ2) is 5.51. The molecular weight excluding hydrogens is 285 g/mol. The SMILES string of the molecule is COc1ccc(F)cc1[C@@H](C)Nc1ccn2ncc(N)c2n1. The van der Waals surface area contributed by atoms with Gasteiger partial charge in [-0.3, -0.25) is 0 Å². The normalized spacial score (nSPS) is 12.3. The lowest BCUT2D eigenvalue weighted by Crippen LogP contribution is -2.10. The summed E-state index contributed by atoms with van der Waals surface area (Å²) in [4.78, 5) is 4.41. The van der Waals surface area contributed by atoms with Crippen LogP contribution in [0.5, 0.6) is 5.75 Å². The van der Waals surface area contributed by atoms with E-state index >= 15 is 0 Å². The third kappa shape index (κ3) is 2.52. The summed E-state index contributed by atoms with van der Waals surface area (Å²) < 4.78 is 20.3. The molecule has 22 heavy (non-hydrogen) atoms. The molecule has 2 heterocycles. The van der Waals surface area contributed by atoms with Crippen molar-refractivity contribution in [2.45, 2.75) is 13.0 Å². The highest BCUT2D eigenvalue weighted by molar-refractivity contribution is 5.65. The molecule has 0 saturated heterocycles. The van der Waals surface area contributed by atoms with E-state index in [-0.39, 0.29) is 11.9 Å². The van der Waals surface area contributed by atoms with E-state index in [4.69, 9.17) is 10.5 Å². The maximum absolute atomic E-state index is 13.5. The molecule has 0 amide bonds. The summed E-state index contributed by atoms with van der Waals surface area (Å²) in [6, 6.07) is 6.01. The number of rotatable bonds is 4. The number of hydrogen-bond donors (Lipinski definition) is 2. The average Bonchev–Trinajstić information content (AvgIpc) is 2.88. The largest absolute Gasteiger partial charge is 0.496 e. The Morgan fingerprint density at radius 3 is 2.95 bits per heavy atom. The van der Waals surface area contributed by atoms with Crippen molar-refractivity contribution in [3.8, 4) is 5.75 Å². The van der Waals surface area contributed by atoms with Crippen LogP contribution < -0.4 is 15.8 Å². The van der Waals surface area contributed by atoms with Crippen LogP contribution in [0, 0.1) is 5.82 Å². The van der Waals surface area contributed by atoms with E-state index in [1.54, 1.807) is 36.2 Å². The van der Waals surface area contributed by atoms with Gasteiger partial charge in [-0.05, 0) is 31.2 Å². The molecule has 0 spiro atoms. The minimum atomic E-state index is -0.312. The molecule has 6 nitrogen and oxygen atoms in total. The van der Waals surface area contributed by atoms with Gasteiger partial charge < -0.3 is 15.8 Å². The van der Waals surface area contributed by atoms with E-state index in [0.717, 1.165) is 0 Å². The van der Waals surface area contributed by atoms with Crippen LogP contribution in [0.1, 0.15) is 18.5 Å². The number of ether oxygens (including phenoxy) is 1. The van der Waals surface area contributed by atoms with Gasteiger partial charge in [0.2, 0.25) is 0 Å². The third-order valence-corrected chi connectivity index (χ3v) is 3.42. The first-order valence-electron chi connectivity index (χ1n) is 6.78. The first kappa shape index (κ1) is 14.1. The lowest BCUT2D eigenvalue weighted by molar-refractivity contribution is 0.406. The van der Waals surface area contributed by atoms with E-state index < -0.39 is 0 Å². The molecule has 7 heteroatoms. The molecule has 0 radical (unpaired) electrons. The van der Waals surface area contributed by atoms with Crippen molar-refractivity contribution in [3.05, 3.63) is 48.0 Å². The Hall–Kier alpha value is -2.83. The number of halogens is 1. The van der Waals surface area contributed by atoms with E-state index in [9.17, 15) is 4.39 Å². The minimum absolute atomic E-state index is 0.190. The van der Waals surface area contributed by atoms with Crippen LogP contribution in [0.3, 0.4) is 0 Å². The molecule has 3 aromatic rings. The highest BCUT2D eigenvalue weighted by atomic mass is 19.1. The molecule has 1 aromatic carbocycles. The lowest BCUT2D eigenvalue weighted by atomic mass is 10.1. The summed E-state index contributed by atoms with van der Waals surface area (Å²) in [6.45, 7) is 1.91. The van der Waals surface area contributed by atoms with Crippen molar-refractivity contribution >= 4 is 17.2 Å². The molecule has 3 rings (SSSR count). The molecule has 0 saturated carbocycles. The Morgan fingerprint density at radius 2 is 2.18 bits per heavy atom. The molecule has 3 N–H and O–H groups in total. The molecular formula is C15H16FN5O. The molecule has 0 bridgehead atoms. The number of anilines is 2. The van der Waals surface area contributed by atoms with E-state index in [1.165, 1.54) is 12.1 Å². The number of nitrogens with zero attached hydrogens (tertiary/aromatic N) is 3. The van der Waals surface area contributed by atoms with Gasteiger partial charge in [0.25, 0.3) is 0 Å². The van der Waals surface area contributed by atoms with Gasteiger partial charge in [0.1, 0.15) is 17.4 Å². The van der Waals surface area contributed by atoms with Gasteiger partial charge in [-0.15, -0.1) is 0 Å². The Labute approximate surface area is 126 Å². The van der Waals surface area contributed by atoms with Gasteiger partial charge >= 0.3 is 0 Å². The van der Waals surface area contributed by atoms with Crippen molar-refractivity contribution in [3.63, 3.8) is 0 Å². The summed E-state index contributed by atoms with van der Waals surface area (Å²) in [5.74, 6) is 0.928. The number of nitrogens with two attached hydrogens (primary N) is 1. The van der Waals surface area contributed by atoms with Gasteiger partial charge in [0.15, 0.2) is 5.65 Å². The van der Waals surface area contributed by atoms with Crippen LogP contribution in [-0.2, 0) is 0 Å². The zero-order valence-electron chi connectivity index (χ0n) is 12.2. The molecule has 0 aliphatic carbocycles. The fourth-order valence-corrected chi connectivity index (χ4v) is 2.31. The number of fused-ring (bicyclic) bond motifs is 1. The number of nitrogens with one attached hydrogen (secondary N) is 1. The predicted octanol–water partition coefficient (Wildman–Crippen LogP) is 2.63. The van der Waals surface area contributed by atoms with Crippen molar-refractivity contribution in [2.24, 2.45) is 0 Å². The Kier molecular flexibility index (Phi) is 3.54. The van der Waals surface area contributed by atoms with Crippen LogP contribution in [-0.4, -0.2) is 21.7 Å². The molecule has 0 fully saturated rings. The highest BCUT2D eigenvalue weighted by Gasteiger charge is 2.13. The molecule has 0 aliphatic rings. The average molecular weight is 301 g/mol. The molecule has 0 aliphatic heterocycles. The van der Waals surface area contributed by atoms with E-state index in [0.29, 0.717) is 28.5 Å². The van der Waals surface area contributed by atoms with Crippen molar-refractivity contribution in [1.29, 1.82) is 0 Å². The molecule has 0 unspecified atom stereocenters. The topological polar surface area (TPSA) is 77.5 Å². The second-order valence-corrected chi connectivity index (χ2v) is 4.93. The first-order valence-corrected chi connectivity index (χ1v) is 6.78. The van der Waals surface area contributed by atoms with E-state index in [2.05, 4.69) is 15.4 Å². The number of nitrogen functional groups attached to an aromatic ring is 1. The maximum Gasteiger partial charge on any atom is 0.180 e. The summed E-state index contributed by atoms with van der Waals surface area (Å²) in [5.41, 5.74) is 7.60. The highest BCUT2D eigenvalue weighted by Crippen LogP contribution is 2.28. The fourth-order valence-electron chi connectivity index (χ4n) is 2.31. The predicted molar refractivity (Wildman–Crippen MR) is 82.4 cm³/mol. The zero-order chi connectivity index (χ0) is 15.7. The summed E-state index contributed by atoms with van der Waals surface area (Å²) in [6.07, 6.45) is 3.31. The molecule has 114 valence electrons. The van der Waals surface area contributed by atoms with Gasteiger partial charge in [0, 0.05) is 11.8 Å². The lowest BCUT2D eigenvalue weighted by Gasteiger charge is -2.18. The van der Waals surface area contributed by atoms with Crippen LogP contribution >= 0.6 is 0 Å². The zero-order valence-corrected chi connectivity index (χ0v) is 12.2. The van der Waals surface area contributed by atoms with Crippen molar-refractivity contribution < 1.29 is 9.13 Å². The standard InChI is InChI=1S/C15H16FN5O/c1-9(11-7-10(16)3-4-13(11)22-2)19-14-5-6-21-15(20-14)12(17)8-18-21/h3-9H,17H2,1-2H3,(H,19,20)/t9-/m1/s1. The van der Waals surface area contributed by atoms with Crippen molar-refractivity contribution in [1.82, 2.24) is 14.6 Å². The van der Waals surface area contributed by atoms with Crippen LogP contribution in [0.2, 0.25) is 0 Å². The van der Waals surface area contributed by atoms with Crippen LogP contribution in [0.4, 0.5) is 15.9 Å². The number of aromatic nitrogens is 3. The Morgan fingerprint density at radius 1 is 1.36 bits per heavy atom. The second-order valence-electron chi connectivity index (χ2n) is 4.93. The van der Waals surface area contributed by atoms with E-state index in [1.807, 2.05) is 6.92 Å². The number of hydrogen-bond acceptors (Lipinski definition) is 5. The number of benzene rings is 1. The van der Waals surface area contributed by atoms with Gasteiger partial charge in [0.05, 0.1) is 25.0 Å². The van der Waals surface area contributed by atoms with Crippen LogP contribution in [0.25, 0.3) is 5.65 Å².